The van der Waals surface area contributed by atoms with Crippen LogP contribution in [0.25, 0.3) is 0 Å². The molecule has 1 atom stereocenters. The van der Waals surface area contributed by atoms with Gasteiger partial charge >= 0.3 is 5.97 Å². The first-order valence-electron chi connectivity index (χ1n) is 7.71. The Kier molecular flexibility index (Phi) is 4.25. The van der Waals surface area contributed by atoms with E-state index in [1.165, 1.54) is 4.90 Å². The minimum Gasteiger partial charge on any atom is -0.480 e. The maximum atomic E-state index is 13.7. The standard InChI is InChI=1S/C16H17F3N2O3/c17-10-6-12(19)11(18)5-9(10)14(22)21-3-1-16(2-4-21)7-13(15(23)24)20-8-16/h5-6,13,20H,1-4,7-8H2,(H,23,24). The summed E-state index contributed by atoms with van der Waals surface area (Å²) in [7, 11) is 0. The van der Waals surface area contributed by atoms with Gasteiger partial charge < -0.3 is 15.3 Å². The van der Waals surface area contributed by atoms with E-state index in [1.54, 1.807) is 0 Å². The fourth-order valence-electron chi connectivity index (χ4n) is 3.51. The number of hydrogen-bond donors (Lipinski definition) is 2. The number of rotatable bonds is 2. The van der Waals surface area contributed by atoms with E-state index in [9.17, 15) is 22.8 Å². The zero-order valence-electron chi connectivity index (χ0n) is 12.8. The summed E-state index contributed by atoms with van der Waals surface area (Å²) in [5.74, 6) is -5.26. The maximum Gasteiger partial charge on any atom is 0.320 e. The lowest BCUT2D eigenvalue weighted by molar-refractivity contribution is -0.139. The van der Waals surface area contributed by atoms with Crippen LogP contribution in [0.1, 0.15) is 29.6 Å². The van der Waals surface area contributed by atoms with Gasteiger partial charge in [-0.25, -0.2) is 13.2 Å². The topological polar surface area (TPSA) is 69.6 Å². The van der Waals surface area contributed by atoms with Gasteiger partial charge in [0.2, 0.25) is 0 Å². The Morgan fingerprint density at radius 1 is 1.12 bits per heavy atom. The summed E-state index contributed by atoms with van der Waals surface area (Å²) in [4.78, 5) is 24.8. The fourth-order valence-corrected chi connectivity index (χ4v) is 3.51. The van der Waals surface area contributed by atoms with Gasteiger partial charge in [0.25, 0.3) is 5.91 Å². The van der Waals surface area contributed by atoms with E-state index >= 15 is 0 Å². The minimum absolute atomic E-state index is 0.188. The van der Waals surface area contributed by atoms with Crippen molar-refractivity contribution in [1.29, 1.82) is 0 Å². The zero-order chi connectivity index (χ0) is 17.5. The Labute approximate surface area is 136 Å². The summed E-state index contributed by atoms with van der Waals surface area (Å²) in [5, 5.41) is 12.0. The molecule has 0 aliphatic carbocycles. The third-order valence-corrected chi connectivity index (χ3v) is 5.01. The number of hydrogen-bond acceptors (Lipinski definition) is 3. The number of benzene rings is 1. The molecule has 1 amide bonds. The highest BCUT2D eigenvalue weighted by Crippen LogP contribution is 2.39. The van der Waals surface area contributed by atoms with Crippen molar-refractivity contribution >= 4 is 11.9 Å². The molecule has 1 unspecified atom stereocenters. The van der Waals surface area contributed by atoms with Crippen molar-refractivity contribution in [3.63, 3.8) is 0 Å². The van der Waals surface area contributed by atoms with Crippen LogP contribution in [0.2, 0.25) is 0 Å². The smallest absolute Gasteiger partial charge is 0.320 e. The van der Waals surface area contributed by atoms with Gasteiger partial charge in [0.05, 0.1) is 5.56 Å². The lowest BCUT2D eigenvalue weighted by Crippen LogP contribution is -2.44. The molecule has 0 radical (unpaired) electrons. The van der Waals surface area contributed by atoms with Crippen LogP contribution in [0.5, 0.6) is 0 Å². The number of piperidine rings is 1. The van der Waals surface area contributed by atoms with Crippen LogP contribution in [-0.4, -0.2) is 47.6 Å². The SMILES string of the molecule is O=C(O)C1CC2(CCN(C(=O)c3cc(F)c(F)cc3F)CC2)CN1. The quantitative estimate of drug-likeness (QED) is 0.804. The molecular formula is C16H17F3N2O3. The van der Waals surface area contributed by atoms with Crippen molar-refractivity contribution < 1.29 is 27.9 Å². The Balaban J connectivity index is 1.68. The van der Waals surface area contributed by atoms with Gasteiger partial charge in [0, 0.05) is 25.7 Å². The van der Waals surface area contributed by atoms with Gasteiger partial charge in [-0.1, -0.05) is 0 Å². The normalized spacial score (nSPS) is 22.8. The number of carboxylic acid groups (broad SMARTS) is 1. The van der Waals surface area contributed by atoms with Crippen LogP contribution in [0.4, 0.5) is 13.2 Å². The van der Waals surface area contributed by atoms with Gasteiger partial charge in [-0.05, 0) is 30.7 Å². The minimum atomic E-state index is -1.33. The van der Waals surface area contributed by atoms with Gasteiger partial charge in [0.1, 0.15) is 11.9 Å². The molecule has 2 N–H and O–H groups in total. The molecule has 2 fully saturated rings. The van der Waals surface area contributed by atoms with E-state index in [0.29, 0.717) is 51.0 Å². The number of aliphatic carboxylic acids is 1. The zero-order valence-corrected chi connectivity index (χ0v) is 12.8. The first kappa shape index (κ1) is 16.8. The lowest BCUT2D eigenvalue weighted by atomic mass is 9.76. The van der Waals surface area contributed by atoms with Crippen molar-refractivity contribution in [3.8, 4) is 0 Å². The summed E-state index contributed by atoms with van der Waals surface area (Å²) in [5.41, 5.74) is -0.676. The van der Waals surface area contributed by atoms with E-state index < -0.39 is 40.9 Å². The van der Waals surface area contributed by atoms with Gasteiger partial charge in [-0.15, -0.1) is 0 Å². The Bertz CT molecular complexity index is 687. The monoisotopic (exact) mass is 342 g/mol. The van der Waals surface area contributed by atoms with Gasteiger partial charge in [-0.2, -0.15) is 0 Å². The van der Waals surface area contributed by atoms with Crippen LogP contribution in [-0.2, 0) is 4.79 Å². The molecule has 130 valence electrons. The van der Waals surface area contributed by atoms with Crippen LogP contribution in [0, 0.1) is 22.9 Å². The summed E-state index contributed by atoms with van der Waals surface area (Å²) < 4.78 is 40.0. The van der Waals surface area contributed by atoms with Crippen molar-refractivity contribution in [2.24, 2.45) is 5.41 Å². The second-order valence-electron chi connectivity index (χ2n) is 6.51. The molecule has 0 saturated carbocycles. The van der Waals surface area contributed by atoms with Crippen molar-refractivity contribution in [3.05, 3.63) is 35.1 Å². The molecule has 8 heteroatoms. The molecule has 2 heterocycles. The average molecular weight is 342 g/mol. The highest BCUT2D eigenvalue weighted by atomic mass is 19.2. The second-order valence-corrected chi connectivity index (χ2v) is 6.51. The van der Waals surface area contributed by atoms with E-state index in [-0.39, 0.29) is 5.41 Å². The molecular weight excluding hydrogens is 325 g/mol. The van der Waals surface area contributed by atoms with E-state index in [1.807, 2.05) is 0 Å². The average Bonchev–Trinajstić information content (AvgIpc) is 2.95. The van der Waals surface area contributed by atoms with Crippen LogP contribution >= 0.6 is 0 Å². The molecule has 2 aliphatic rings. The molecule has 0 bridgehead atoms. The molecule has 3 rings (SSSR count). The first-order valence-corrected chi connectivity index (χ1v) is 7.71. The first-order chi connectivity index (χ1) is 11.3. The second kappa shape index (κ2) is 6.08. The Morgan fingerprint density at radius 2 is 1.75 bits per heavy atom. The Hall–Kier alpha value is -2.09. The maximum absolute atomic E-state index is 13.7. The summed E-state index contributed by atoms with van der Waals surface area (Å²) >= 11 is 0. The summed E-state index contributed by atoms with van der Waals surface area (Å²) in [6.45, 7) is 1.21. The third kappa shape index (κ3) is 2.98. The number of halogens is 3. The number of carbonyl (C=O) groups is 2. The largest absolute Gasteiger partial charge is 0.480 e. The van der Waals surface area contributed by atoms with Gasteiger partial charge in [-0.3, -0.25) is 9.59 Å². The molecule has 2 saturated heterocycles. The van der Waals surface area contributed by atoms with E-state index in [4.69, 9.17) is 5.11 Å². The fraction of sp³-hybridized carbons (Fsp3) is 0.500. The van der Waals surface area contributed by atoms with Crippen molar-refractivity contribution in [2.75, 3.05) is 19.6 Å². The highest BCUT2D eigenvalue weighted by molar-refractivity contribution is 5.94. The number of nitrogens with one attached hydrogen (secondary N) is 1. The number of likely N-dealkylation sites (tertiary alicyclic amines) is 1. The number of carbonyl (C=O) groups excluding carboxylic acids is 1. The van der Waals surface area contributed by atoms with Crippen molar-refractivity contribution in [1.82, 2.24) is 10.2 Å². The molecule has 2 aliphatic heterocycles. The number of nitrogens with zero attached hydrogens (tertiary/aromatic N) is 1. The molecule has 1 aromatic rings. The number of amides is 1. The third-order valence-electron chi connectivity index (χ3n) is 5.01. The molecule has 5 nitrogen and oxygen atoms in total. The van der Waals surface area contributed by atoms with Crippen LogP contribution < -0.4 is 5.32 Å². The van der Waals surface area contributed by atoms with E-state index in [0.717, 1.165) is 0 Å². The van der Waals surface area contributed by atoms with Crippen LogP contribution in [0.15, 0.2) is 12.1 Å². The predicted molar refractivity (Wildman–Crippen MR) is 77.9 cm³/mol. The molecule has 0 aromatic heterocycles. The predicted octanol–water partition coefficient (Wildman–Crippen LogP) is 1.77. The van der Waals surface area contributed by atoms with E-state index in [2.05, 4.69) is 5.32 Å². The molecule has 1 spiro atoms. The van der Waals surface area contributed by atoms with Gasteiger partial charge in [0.15, 0.2) is 11.6 Å². The molecule has 24 heavy (non-hydrogen) atoms. The summed E-state index contributed by atoms with van der Waals surface area (Å²) in [6.07, 6.45) is 1.66. The van der Waals surface area contributed by atoms with Crippen LogP contribution in [0.3, 0.4) is 0 Å². The molecule has 1 aromatic carbocycles. The number of carboxylic acids is 1. The Morgan fingerprint density at radius 3 is 2.33 bits per heavy atom. The van der Waals surface area contributed by atoms with Crippen molar-refractivity contribution in [2.45, 2.75) is 25.3 Å². The summed E-state index contributed by atoms with van der Waals surface area (Å²) in [6, 6.07) is 0.359. The lowest BCUT2D eigenvalue weighted by Gasteiger charge is -2.39. The highest BCUT2D eigenvalue weighted by Gasteiger charge is 2.44.